The number of hydrogen-bond acceptors (Lipinski definition) is 7. The fourth-order valence-electron chi connectivity index (χ4n) is 2.96. The minimum Gasteiger partial charge on any atom is -0.493 e. The molecule has 0 bridgehead atoms. The number of H-pyrrole nitrogens is 1. The fraction of sp³-hybridized carbons (Fsp3) is 0.368. The van der Waals surface area contributed by atoms with E-state index < -0.39 is 0 Å². The molecule has 0 saturated carbocycles. The highest BCUT2D eigenvalue weighted by molar-refractivity contribution is 5.77. The van der Waals surface area contributed by atoms with Crippen LogP contribution in [0.1, 0.15) is 13.3 Å². The number of nitrogens with one attached hydrogen (secondary N) is 1. The molecular weight excluding hydrogens is 346 g/mol. The molecule has 0 unspecified atom stereocenters. The molecule has 3 heterocycles. The molecule has 0 amide bonds. The zero-order valence-corrected chi connectivity index (χ0v) is 15.1. The second kappa shape index (κ2) is 7.71. The van der Waals surface area contributed by atoms with Crippen LogP contribution in [0.2, 0.25) is 0 Å². The predicted molar refractivity (Wildman–Crippen MR) is 102 cm³/mol. The molecule has 0 radical (unpaired) electrons. The summed E-state index contributed by atoms with van der Waals surface area (Å²) in [5.74, 6) is 1.68. The number of nitrogens with zero attached hydrogens (tertiary/aromatic N) is 4. The number of para-hydroxylation sites is 1. The average Bonchev–Trinajstić information content (AvgIpc) is 2.72. The van der Waals surface area contributed by atoms with E-state index in [0.29, 0.717) is 48.4 Å². The van der Waals surface area contributed by atoms with Gasteiger partial charge in [-0.25, -0.2) is 9.97 Å². The van der Waals surface area contributed by atoms with Crippen molar-refractivity contribution < 1.29 is 9.47 Å². The van der Waals surface area contributed by atoms with Gasteiger partial charge in [0.05, 0.1) is 25.4 Å². The van der Waals surface area contributed by atoms with Crippen LogP contribution in [-0.4, -0.2) is 52.8 Å². The van der Waals surface area contributed by atoms with Gasteiger partial charge < -0.3 is 19.4 Å². The SMILES string of the molecule is CCCOc1ccccc1-c1nc2nc(N3CCOCC3)ncc2c(=O)[nH]1. The lowest BCUT2D eigenvalue weighted by Gasteiger charge is -2.26. The number of ether oxygens (including phenoxy) is 2. The van der Waals surface area contributed by atoms with Crippen molar-refractivity contribution in [3.05, 3.63) is 40.8 Å². The Kier molecular flexibility index (Phi) is 4.97. The van der Waals surface area contributed by atoms with Crippen LogP contribution in [0.15, 0.2) is 35.3 Å². The van der Waals surface area contributed by atoms with Crippen LogP contribution in [0.4, 0.5) is 5.95 Å². The Balaban J connectivity index is 1.77. The van der Waals surface area contributed by atoms with Crippen molar-refractivity contribution in [2.75, 3.05) is 37.8 Å². The van der Waals surface area contributed by atoms with Crippen molar-refractivity contribution in [1.82, 2.24) is 19.9 Å². The first-order valence-electron chi connectivity index (χ1n) is 9.08. The quantitative estimate of drug-likeness (QED) is 0.737. The Labute approximate surface area is 156 Å². The van der Waals surface area contributed by atoms with Gasteiger partial charge in [-0.1, -0.05) is 19.1 Å². The molecule has 27 heavy (non-hydrogen) atoms. The number of anilines is 1. The van der Waals surface area contributed by atoms with Gasteiger partial charge in [-0.2, -0.15) is 4.98 Å². The summed E-state index contributed by atoms with van der Waals surface area (Å²) in [6.07, 6.45) is 2.42. The molecule has 0 spiro atoms. The van der Waals surface area contributed by atoms with Crippen molar-refractivity contribution in [2.45, 2.75) is 13.3 Å². The van der Waals surface area contributed by atoms with E-state index in [1.807, 2.05) is 36.1 Å². The van der Waals surface area contributed by atoms with Crippen LogP contribution in [0.5, 0.6) is 5.75 Å². The number of hydrogen-bond donors (Lipinski definition) is 1. The maximum Gasteiger partial charge on any atom is 0.262 e. The molecule has 140 valence electrons. The van der Waals surface area contributed by atoms with Crippen LogP contribution in [0.3, 0.4) is 0 Å². The number of benzene rings is 1. The van der Waals surface area contributed by atoms with Gasteiger partial charge in [0.25, 0.3) is 5.56 Å². The molecule has 1 N–H and O–H groups in total. The molecule has 4 rings (SSSR count). The number of aromatic amines is 1. The molecular formula is C19H21N5O3. The highest BCUT2D eigenvalue weighted by atomic mass is 16.5. The predicted octanol–water partition coefficient (Wildman–Crippen LogP) is 2.01. The smallest absolute Gasteiger partial charge is 0.262 e. The molecule has 3 aromatic rings. The third kappa shape index (κ3) is 3.61. The lowest BCUT2D eigenvalue weighted by atomic mass is 10.2. The fourth-order valence-corrected chi connectivity index (χ4v) is 2.96. The molecule has 1 fully saturated rings. The Bertz CT molecular complexity index is 998. The molecule has 1 aliphatic heterocycles. The maximum absolute atomic E-state index is 12.5. The summed E-state index contributed by atoms with van der Waals surface area (Å²) in [6, 6.07) is 7.53. The van der Waals surface area contributed by atoms with Gasteiger partial charge in [0.1, 0.15) is 17.0 Å². The Morgan fingerprint density at radius 2 is 2.04 bits per heavy atom. The van der Waals surface area contributed by atoms with Gasteiger partial charge in [-0.3, -0.25) is 4.79 Å². The van der Waals surface area contributed by atoms with E-state index in [4.69, 9.17) is 9.47 Å². The number of fused-ring (bicyclic) bond motifs is 1. The third-order valence-corrected chi connectivity index (χ3v) is 4.35. The van der Waals surface area contributed by atoms with Gasteiger partial charge in [0.15, 0.2) is 5.65 Å². The van der Waals surface area contributed by atoms with Crippen LogP contribution >= 0.6 is 0 Å². The van der Waals surface area contributed by atoms with E-state index in [-0.39, 0.29) is 5.56 Å². The van der Waals surface area contributed by atoms with Gasteiger partial charge in [0.2, 0.25) is 5.95 Å². The van der Waals surface area contributed by atoms with Crippen LogP contribution in [0.25, 0.3) is 22.4 Å². The second-order valence-corrected chi connectivity index (χ2v) is 6.27. The Morgan fingerprint density at radius 3 is 2.85 bits per heavy atom. The summed E-state index contributed by atoms with van der Waals surface area (Å²) in [5, 5.41) is 0.364. The van der Waals surface area contributed by atoms with Gasteiger partial charge in [-0.15, -0.1) is 0 Å². The molecule has 1 aromatic carbocycles. The van der Waals surface area contributed by atoms with E-state index >= 15 is 0 Å². The van der Waals surface area contributed by atoms with Crippen molar-refractivity contribution in [3.8, 4) is 17.1 Å². The van der Waals surface area contributed by atoms with E-state index in [1.165, 1.54) is 6.20 Å². The summed E-state index contributed by atoms with van der Waals surface area (Å²) in [4.78, 5) is 30.8. The zero-order chi connectivity index (χ0) is 18.6. The third-order valence-electron chi connectivity index (χ3n) is 4.35. The van der Waals surface area contributed by atoms with Gasteiger partial charge in [0, 0.05) is 19.3 Å². The van der Waals surface area contributed by atoms with E-state index in [2.05, 4.69) is 19.9 Å². The summed E-state index contributed by atoms with van der Waals surface area (Å²) in [5.41, 5.74) is 0.834. The standard InChI is InChI=1S/C19H21N5O3/c1-2-9-27-15-6-4-3-5-13(15)16-21-17-14(18(25)22-16)12-20-19(23-17)24-7-10-26-11-8-24/h3-6,12H,2,7-11H2,1H3,(H,20,21,22,23,25). The molecule has 1 saturated heterocycles. The topological polar surface area (TPSA) is 93.2 Å². The van der Waals surface area contributed by atoms with Crippen LogP contribution in [-0.2, 0) is 4.74 Å². The first kappa shape index (κ1) is 17.4. The van der Waals surface area contributed by atoms with E-state index in [9.17, 15) is 4.79 Å². The number of morpholine rings is 1. The van der Waals surface area contributed by atoms with Crippen molar-refractivity contribution in [3.63, 3.8) is 0 Å². The van der Waals surface area contributed by atoms with Crippen LogP contribution < -0.4 is 15.2 Å². The molecule has 0 aliphatic carbocycles. The van der Waals surface area contributed by atoms with Gasteiger partial charge in [-0.05, 0) is 18.6 Å². The maximum atomic E-state index is 12.5. The largest absolute Gasteiger partial charge is 0.493 e. The molecule has 8 nitrogen and oxygen atoms in total. The average molecular weight is 367 g/mol. The second-order valence-electron chi connectivity index (χ2n) is 6.27. The monoisotopic (exact) mass is 367 g/mol. The Hall–Kier alpha value is -3.00. The minimum absolute atomic E-state index is 0.270. The van der Waals surface area contributed by atoms with Crippen LogP contribution in [0, 0.1) is 0 Å². The van der Waals surface area contributed by atoms with Crippen molar-refractivity contribution in [1.29, 1.82) is 0 Å². The normalized spacial score (nSPS) is 14.5. The highest BCUT2D eigenvalue weighted by Gasteiger charge is 2.17. The van der Waals surface area contributed by atoms with Gasteiger partial charge >= 0.3 is 0 Å². The first-order valence-corrected chi connectivity index (χ1v) is 9.08. The highest BCUT2D eigenvalue weighted by Crippen LogP contribution is 2.27. The molecule has 8 heteroatoms. The molecule has 2 aromatic heterocycles. The summed E-state index contributed by atoms with van der Waals surface area (Å²) in [6.45, 7) is 5.35. The summed E-state index contributed by atoms with van der Waals surface area (Å²) >= 11 is 0. The lowest BCUT2D eigenvalue weighted by molar-refractivity contribution is 0.122. The Morgan fingerprint density at radius 1 is 1.22 bits per heavy atom. The minimum atomic E-state index is -0.270. The van der Waals surface area contributed by atoms with Crippen molar-refractivity contribution in [2.24, 2.45) is 0 Å². The van der Waals surface area contributed by atoms with E-state index in [1.54, 1.807) is 0 Å². The number of rotatable bonds is 5. The summed E-state index contributed by atoms with van der Waals surface area (Å²) in [7, 11) is 0. The zero-order valence-electron chi connectivity index (χ0n) is 15.1. The first-order chi connectivity index (χ1) is 13.3. The molecule has 0 atom stereocenters. The lowest BCUT2D eigenvalue weighted by Crippen LogP contribution is -2.37. The molecule has 1 aliphatic rings. The van der Waals surface area contributed by atoms with Crippen molar-refractivity contribution >= 4 is 17.0 Å². The summed E-state index contributed by atoms with van der Waals surface area (Å²) < 4.78 is 11.2. The number of aromatic nitrogens is 4. The van der Waals surface area contributed by atoms with E-state index in [0.717, 1.165) is 25.1 Å².